The van der Waals surface area contributed by atoms with E-state index in [0.29, 0.717) is 0 Å². The van der Waals surface area contributed by atoms with Gasteiger partial charge in [-0.2, -0.15) is 0 Å². The number of hydrogen-bond donors (Lipinski definition) is 1. The summed E-state index contributed by atoms with van der Waals surface area (Å²) >= 11 is 5.49. The number of carboxylic acid groups (broad SMARTS) is 1. The Morgan fingerprint density at radius 2 is 2.29 bits per heavy atom. The van der Waals surface area contributed by atoms with Crippen molar-refractivity contribution in [1.29, 1.82) is 0 Å². The highest BCUT2D eigenvalue weighted by Gasteiger charge is 2.19. The van der Waals surface area contributed by atoms with Crippen LogP contribution in [0.2, 0.25) is 5.15 Å². The summed E-state index contributed by atoms with van der Waals surface area (Å²) in [5.74, 6) is -1.34. The standard InChI is InChI=1S/C7H5ClN2O4/c1-3-5(10(13)14)2-4(7(11)12)6(8)9-3/h2H,1H3,(H,11,12). The van der Waals surface area contributed by atoms with E-state index < -0.39 is 10.9 Å². The number of aryl methyl sites for hydroxylation is 1. The van der Waals surface area contributed by atoms with Crippen LogP contribution in [0.15, 0.2) is 6.07 Å². The molecule has 0 aliphatic carbocycles. The van der Waals surface area contributed by atoms with Gasteiger partial charge in [0, 0.05) is 6.07 Å². The van der Waals surface area contributed by atoms with Gasteiger partial charge in [-0.25, -0.2) is 9.78 Å². The third kappa shape index (κ3) is 1.80. The molecule has 0 fully saturated rings. The lowest BCUT2D eigenvalue weighted by molar-refractivity contribution is -0.385. The summed E-state index contributed by atoms with van der Waals surface area (Å²) in [6.07, 6.45) is 0. The molecule has 6 nitrogen and oxygen atoms in total. The van der Waals surface area contributed by atoms with E-state index in [2.05, 4.69) is 4.98 Å². The van der Waals surface area contributed by atoms with Crippen LogP contribution in [0.1, 0.15) is 16.1 Å². The third-order valence-corrected chi connectivity index (χ3v) is 1.86. The molecule has 0 aliphatic rings. The fourth-order valence-electron chi connectivity index (χ4n) is 0.900. The molecular formula is C7H5ClN2O4. The number of carbonyl (C=O) groups is 1. The Bertz CT molecular complexity index is 383. The van der Waals surface area contributed by atoms with Crippen LogP contribution < -0.4 is 0 Å². The number of nitro groups is 1. The summed E-state index contributed by atoms with van der Waals surface area (Å²) in [5, 5.41) is 18.8. The van der Waals surface area contributed by atoms with Crippen molar-refractivity contribution in [2.24, 2.45) is 0 Å². The van der Waals surface area contributed by atoms with Gasteiger partial charge in [0.2, 0.25) is 0 Å². The second kappa shape index (κ2) is 3.59. The summed E-state index contributed by atoms with van der Waals surface area (Å²) in [6.45, 7) is 1.38. The van der Waals surface area contributed by atoms with Crippen LogP contribution in [-0.2, 0) is 0 Å². The van der Waals surface area contributed by atoms with Gasteiger partial charge < -0.3 is 5.11 Å². The van der Waals surface area contributed by atoms with Crippen LogP contribution in [0.5, 0.6) is 0 Å². The number of halogens is 1. The van der Waals surface area contributed by atoms with Gasteiger partial charge in [-0.3, -0.25) is 10.1 Å². The summed E-state index contributed by atoms with van der Waals surface area (Å²) in [4.78, 5) is 23.9. The molecule has 0 radical (unpaired) electrons. The SMILES string of the molecule is Cc1nc(Cl)c(C(=O)O)cc1[N+](=O)[O-]. The number of aromatic carboxylic acids is 1. The molecule has 0 spiro atoms. The van der Waals surface area contributed by atoms with Crippen molar-refractivity contribution in [2.45, 2.75) is 6.92 Å². The first-order chi connectivity index (χ1) is 6.43. The minimum atomic E-state index is -1.34. The molecule has 1 rings (SSSR count). The molecule has 1 heterocycles. The van der Waals surface area contributed by atoms with Crippen LogP contribution in [0.3, 0.4) is 0 Å². The van der Waals surface area contributed by atoms with Crippen LogP contribution in [-0.4, -0.2) is 21.0 Å². The van der Waals surface area contributed by atoms with Crippen molar-refractivity contribution in [3.63, 3.8) is 0 Å². The molecule has 1 aromatic rings. The topological polar surface area (TPSA) is 93.3 Å². The fourth-order valence-corrected chi connectivity index (χ4v) is 1.16. The highest BCUT2D eigenvalue weighted by atomic mass is 35.5. The van der Waals surface area contributed by atoms with Gasteiger partial charge in [-0.15, -0.1) is 0 Å². The van der Waals surface area contributed by atoms with Gasteiger partial charge >= 0.3 is 5.97 Å². The quantitative estimate of drug-likeness (QED) is 0.461. The first kappa shape index (κ1) is 10.4. The molecule has 14 heavy (non-hydrogen) atoms. The van der Waals surface area contributed by atoms with Gasteiger partial charge in [-0.05, 0) is 6.92 Å². The molecule has 74 valence electrons. The van der Waals surface area contributed by atoms with Crippen molar-refractivity contribution in [2.75, 3.05) is 0 Å². The normalized spacial score (nSPS) is 9.86. The Morgan fingerprint density at radius 3 is 2.71 bits per heavy atom. The molecule has 0 amide bonds. The Morgan fingerprint density at radius 1 is 1.71 bits per heavy atom. The average molecular weight is 217 g/mol. The maximum atomic E-state index is 10.6. The van der Waals surface area contributed by atoms with Crippen LogP contribution in [0.25, 0.3) is 0 Å². The fraction of sp³-hybridized carbons (Fsp3) is 0.143. The molecular weight excluding hydrogens is 212 g/mol. The van der Waals surface area contributed by atoms with Crippen LogP contribution in [0.4, 0.5) is 5.69 Å². The molecule has 7 heteroatoms. The van der Waals surface area contributed by atoms with Crippen LogP contribution in [0, 0.1) is 17.0 Å². The third-order valence-electron chi connectivity index (χ3n) is 1.57. The van der Waals surface area contributed by atoms with E-state index in [1.807, 2.05) is 0 Å². The molecule has 0 bridgehead atoms. The minimum absolute atomic E-state index is 0.0880. The van der Waals surface area contributed by atoms with Crippen molar-refractivity contribution in [1.82, 2.24) is 4.98 Å². The Hall–Kier alpha value is -1.69. The second-order valence-electron chi connectivity index (χ2n) is 2.49. The molecule has 0 saturated carbocycles. The first-order valence-corrected chi connectivity index (χ1v) is 3.86. The largest absolute Gasteiger partial charge is 0.478 e. The van der Waals surface area contributed by atoms with E-state index in [1.54, 1.807) is 0 Å². The predicted molar refractivity (Wildman–Crippen MR) is 47.6 cm³/mol. The number of rotatable bonds is 2. The van der Waals surface area contributed by atoms with E-state index in [1.165, 1.54) is 6.92 Å². The van der Waals surface area contributed by atoms with Gasteiger partial charge in [0.25, 0.3) is 5.69 Å². The minimum Gasteiger partial charge on any atom is -0.478 e. The number of carboxylic acids is 1. The molecule has 0 saturated heterocycles. The smallest absolute Gasteiger partial charge is 0.339 e. The zero-order valence-corrected chi connectivity index (χ0v) is 7.78. The zero-order chi connectivity index (χ0) is 10.9. The highest BCUT2D eigenvalue weighted by Crippen LogP contribution is 2.22. The number of pyridine rings is 1. The van der Waals surface area contributed by atoms with Crippen molar-refractivity contribution >= 4 is 23.3 Å². The van der Waals surface area contributed by atoms with Crippen molar-refractivity contribution < 1.29 is 14.8 Å². The first-order valence-electron chi connectivity index (χ1n) is 3.48. The van der Waals surface area contributed by atoms with E-state index in [9.17, 15) is 14.9 Å². The maximum Gasteiger partial charge on any atom is 0.339 e. The van der Waals surface area contributed by atoms with E-state index in [-0.39, 0.29) is 22.1 Å². The highest BCUT2D eigenvalue weighted by molar-refractivity contribution is 6.32. The Balaban J connectivity index is 3.42. The van der Waals surface area contributed by atoms with Crippen LogP contribution >= 0.6 is 11.6 Å². The molecule has 0 aliphatic heterocycles. The monoisotopic (exact) mass is 216 g/mol. The molecule has 1 aromatic heterocycles. The van der Waals surface area contributed by atoms with Gasteiger partial charge in [0.15, 0.2) is 0 Å². The summed E-state index contributed by atoms with van der Waals surface area (Å²) in [5.41, 5.74) is -0.638. The number of hydrogen-bond acceptors (Lipinski definition) is 4. The van der Waals surface area contributed by atoms with E-state index >= 15 is 0 Å². The predicted octanol–water partition coefficient (Wildman–Crippen LogP) is 1.65. The Kier molecular flexibility index (Phi) is 2.66. The second-order valence-corrected chi connectivity index (χ2v) is 2.85. The number of aromatic nitrogens is 1. The maximum absolute atomic E-state index is 10.6. The molecule has 0 atom stereocenters. The zero-order valence-electron chi connectivity index (χ0n) is 7.02. The Labute approximate surface area is 83.3 Å². The van der Waals surface area contributed by atoms with Gasteiger partial charge in [0.1, 0.15) is 16.4 Å². The average Bonchev–Trinajstić information content (AvgIpc) is 2.02. The summed E-state index contributed by atoms with van der Waals surface area (Å²) < 4.78 is 0. The lowest BCUT2D eigenvalue weighted by atomic mass is 10.2. The lowest BCUT2D eigenvalue weighted by Gasteiger charge is -2.00. The lowest BCUT2D eigenvalue weighted by Crippen LogP contribution is -2.03. The van der Waals surface area contributed by atoms with E-state index in [4.69, 9.17) is 16.7 Å². The van der Waals surface area contributed by atoms with Gasteiger partial charge in [0.05, 0.1) is 4.92 Å². The summed E-state index contributed by atoms with van der Waals surface area (Å²) in [6, 6.07) is 0.896. The number of nitrogens with zero attached hydrogens (tertiary/aromatic N) is 2. The van der Waals surface area contributed by atoms with Gasteiger partial charge in [-0.1, -0.05) is 11.6 Å². The molecule has 0 unspecified atom stereocenters. The molecule has 1 N–H and O–H groups in total. The molecule has 0 aromatic carbocycles. The summed E-state index contributed by atoms with van der Waals surface area (Å²) in [7, 11) is 0. The van der Waals surface area contributed by atoms with Crippen molar-refractivity contribution in [3.05, 3.63) is 32.6 Å². The van der Waals surface area contributed by atoms with Crippen molar-refractivity contribution in [3.8, 4) is 0 Å². The van der Waals surface area contributed by atoms with E-state index in [0.717, 1.165) is 6.07 Å².